The number of rotatable bonds is 4. The van der Waals surface area contributed by atoms with Crippen molar-refractivity contribution in [1.29, 1.82) is 0 Å². The third-order valence-corrected chi connectivity index (χ3v) is 6.15. The zero-order valence-electron chi connectivity index (χ0n) is 16.7. The molecule has 7 heteroatoms. The van der Waals surface area contributed by atoms with E-state index in [4.69, 9.17) is 4.74 Å². The van der Waals surface area contributed by atoms with Crippen molar-refractivity contribution in [3.05, 3.63) is 59.7 Å². The highest BCUT2D eigenvalue weighted by Crippen LogP contribution is 2.41. The fourth-order valence-corrected chi connectivity index (χ4v) is 4.75. The number of methoxy groups -OCH3 is 1. The van der Waals surface area contributed by atoms with Gasteiger partial charge >= 0.3 is 0 Å². The molecule has 2 aliphatic rings. The molecule has 30 heavy (non-hydrogen) atoms. The highest BCUT2D eigenvalue weighted by Gasteiger charge is 2.48. The van der Waals surface area contributed by atoms with E-state index in [0.717, 1.165) is 37.8 Å². The number of para-hydroxylation sites is 1. The second kappa shape index (κ2) is 8.42. The number of halogens is 2. The summed E-state index contributed by atoms with van der Waals surface area (Å²) in [4.78, 5) is 28.3. The number of likely N-dealkylation sites (tertiary alicyclic amines) is 1. The van der Waals surface area contributed by atoms with E-state index in [1.165, 1.54) is 13.2 Å². The first-order valence-electron chi connectivity index (χ1n) is 10.2. The molecule has 3 atom stereocenters. The zero-order chi connectivity index (χ0) is 21.3. The highest BCUT2D eigenvalue weighted by atomic mass is 19.1. The van der Waals surface area contributed by atoms with Crippen molar-refractivity contribution in [3.63, 3.8) is 0 Å². The molecule has 5 nitrogen and oxygen atoms in total. The molecule has 0 radical (unpaired) electrons. The number of hydrogen-bond donors (Lipinski definition) is 1. The van der Waals surface area contributed by atoms with Gasteiger partial charge < -0.3 is 15.0 Å². The summed E-state index contributed by atoms with van der Waals surface area (Å²) in [5.74, 6) is -1.61. The quantitative estimate of drug-likeness (QED) is 0.808. The topological polar surface area (TPSA) is 58.6 Å². The molecule has 2 fully saturated rings. The lowest BCUT2D eigenvalue weighted by atomic mass is 9.84. The maximum absolute atomic E-state index is 14.1. The van der Waals surface area contributed by atoms with E-state index in [0.29, 0.717) is 17.7 Å². The minimum Gasteiger partial charge on any atom is -0.496 e. The number of carbonyl (C=O) groups is 2. The first-order chi connectivity index (χ1) is 14.5. The second-order valence-corrected chi connectivity index (χ2v) is 7.89. The van der Waals surface area contributed by atoms with Crippen molar-refractivity contribution in [2.24, 2.45) is 5.92 Å². The van der Waals surface area contributed by atoms with Crippen LogP contribution in [0.25, 0.3) is 0 Å². The number of fused-ring (bicyclic) bond motifs is 1. The fourth-order valence-electron chi connectivity index (χ4n) is 4.75. The van der Waals surface area contributed by atoms with Gasteiger partial charge in [-0.3, -0.25) is 9.59 Å². The lowest BCUT2D eigenvalue weighted by Gasteiger charge is -2.34. The fraction of sp³-hybridized carbons (Fsp3) is 0.391. The molecular weight excluding hydrogens is 390 g/mol. The van der Waals surface area contributed by atoms with Crippen LogP contribution in [0, 0.1) is 17.6 Å². The average Bonchev–Trinajstić information content (AvgIpc) is 3.15. The molecule has 2 aromatic carbocycles. The van der Waals surface area contributed by atoms with Crippen LogP contribution in [0.3, 0.4) is 0 Å². The minimum absolute atomic E-state index is 0.0371. The molecule has 4 rings (SSSR count). The smallest absolute Gasteiger partial charge is 0.258 e. The van der Waals surface area contributed by atoms with Crippen LogP contribution in [0.15, 0.2) is 42.5 Å². The summed E-state index contributed by atoms with van der Waals surface area (Å²) in [7, 11) is 1.50. The zero-order valence-corrected chi connectivity index (χ0v) is 16.7. The standard InChI is InChI=1S/C23H24F2N2O3/c1-30-21-9-5-3-7-16(21)23(29)27-19-8-4-2-6-14(19)12-20(27)22(28)26-18-11-10-15(24)13-17(18)25/h3,5,7,9-11,13-14,19-20H,2,4,6,8,12H2,1H3,(H,26,28)/t14-,19+,20+/m0/s1. The Bertz CT molecular complexity index is 965. The van der Waals surface area contributed by atoms with E-state index in [-0.39, 0.29) is 23.6 Å². The SMILES string of the molecule is COc1ccccc1C(=O)N1[C@@H](C(=O)Nc2ccc(F)cc2F)C[C@@H]2CCCC[C@H]21. The van der Waals surface area contributed by atoms with Crippen LogP contribution in [-0.4, -0.2) is 35.9 Å². The Labute approximate surface area is 174 Å². The Balaban J connectivity index is 1.64. The van der Waals surface area contributed by atoms with E-state index in [1.807, 2.05) is 0 Å². The van der Waals surface area contributed by atoms with Gasteiger partial charge in [-0.1, -0.05) is 25.0 Å². The van der Waals surface area contributed by atoms with Crippen molar-refractivity contribution in [1.82, 2.24) is 4.90 Å². The molecule has 2 aromatic rings. The summed E-state index contributed by atoms with van der Waals surface area (Å²) in [6, 6.07) is 9.18. The molecule has 1 aliphatic carbocycles. The molecule has 2 amide bonds. The van der Waals surface area contributed by atoms with Crippen LogP contribution in [0.4, 0.5) is 14.5 Å². The van der Waals surface area contributed by atoms with Gasteiger partial charge in [0.25, 0.3) is 5.91 Å². The van der Waals surface area contributed by atoms with Crippen LogP contribution in [0.1, 0.15) is 42.5 Å². The van der Waals surface area contributed by atoms with Gasteiger partial charge in [0.05, 0.1) is 18.4 Å². The number of nitrogens with one attached hydrogen (secondary N) is 1. The molecule has 0 bridgehead atoms. The lowest BCUT2D eigenvalue weighted by Crippen LogP contribution is -2.48. The molecular formula is C23H24F2N2O3. The summed E-state index contributed by atoms with van der Waals surface area (Å²) >= 11 is 0. The van der Waals surface area contributed by atoms with Crippen LogP contribution < -0.4 is 10.1 Å². The summed E-state index contributed by atoms with van der Waals surface area (Å²) in [6.07, 6.45) is 4.38. The highest BCUT2D eigenvalue weighted by molar-refractivity contribution is 6.03. The molecule has 1 N–H and O–H groups in total. The van der Waals surface area contributed by atoms with Crippen LogP contribution in [0.5, 0.6) is 5.75 Å². The Morgan fingerprint density at radius 1 is 1.10 bits per heavy atom. The van der Waals surface area contributed by atoms with Gasteiger partial charge in [-0.2, -0.15) is 0 Å². The van der Waals surface area contributed by atoms with Gasteiger partial charge in [0.15, 0.2) is 0 Å². The van der Waals surface area contributed by atoms with Crippen molar-refractivity contribution in [2.45, 2.75) is 44.2 Å². The monoisotopic (exact) mass is 414 g/mol. The van der Waals surface area contributed by atoms with Gasteiger partial charge in [0.1, 0.15) is 23.4 Å². The number of amides is 2. The second-order valence-electron chi connectivity index (χ2n) is 7.89. The van der Waals surface area contributed by atoms with Crippen LogP contribution in [-0.2, 0) is 4.79 Å². The van der Waals surface area contributed by atoms with Gasteiger partial charge in [0, 0.05) is 12.1 Å². The van der Waals surface area contributed by atoms with Gasteiger partial charge in [-0.05, 0) is 49.4 Å². The number of hydrogen-bond acceptors (Lipinski definition) is 3. The van der Waals surface area contributed by atoms with E-state index < -0.39 is 23.6 Å². The maximum Gasteiger partial charge on any atom is 0.258 e. The Hall–Kier alpha value is -2.96. The number of benzene rings is 2. The number of anilines is 1. The minimum atomic E-state index is -0.846. The van der Waals surface area contributed by atoms with Crippen LogP contribution in [0.2, 0.25) is 0 Å². The van der Waals surface area contributed by atoms with Crippen molar-refractivity contribution in [3.8, 4) is 5.75 Å². The average molecular weight is 414 g/mol. The van der Waals surface area contributed by atoms with E-state index in [1.54, 1.807) is 29.2 Å². The molecule has 158 valence electrons. The first-order valence-corrected chi connectivity index (χ1v) is 10.2. The largest absolute Gasteiger partial charge is 0.496 e. The molecule has 1 aliphatic heterocycles. The third-order valence-electron chi connectivity index (χ3n) is 6.15. The van der Waals surface area contributed by atoms with Gasteiger partial charge in [-0.25, -0.2) is 8.78 Å². The van der Waals surface area contributed by atoms with E-state index >= 15 is 0 Å². The van der Waals surface area contributed by atoms with Crippen molar-refractivity contribution in [2.75, 3.05) is 12.4 Å². The Kier molecular flexibility index (Phi) is 5.70. The number of nitrogens with zero attached hydrogens (tertiary/aromatic N) is 1. The summed E-state index contributed by atoms with van der Waals surface area (Å²) in [5, 5.41) is 2.55. The molecule has 0 unspecified atom stereocenters. The van der Waals surface area contributed by atoms with E-state index in [9.17, 15) is 18.4 Å². The number of carbonyl (C=O) groups excluding carboxylic acids is 2. The normalized spacial score (nSPS) is 23.0. The summed E-state index contributed by atoms with van der Waals surface area (Å²) in [5.41, 5.74) is 0.304. The Morgan fingerprint density at radius 2 is 1.87 bits per heavy atom. The van der Waals surface area contributed by atoms with Gasteiger partial charge in [-0.15, -0.1) is 0 Å². The first kappa shape index (κ1) is 20.3. The van der Waals surface area contributed by atoms with Crippen LogP contribution >= 0.6 is 0 Å². The van der Waals surface area contributed by atoms with E-state index in [2.05, 4.69) is 5.32 Å². The number of ether oxygens (including phenoxy) is 1. The van der Waals surface area contributed by atoms with Crippen molar-refractivity contribution < 1.29 is 23.1 Å². The van der Waals surface area contributed by atoms with Gasteiger partial charge in [0.2, 0.25) is 5.91 Å². The molecule has 0 spiro atoms. The predicted molar refractivity (Wildman–Crippen MR) is 108 cm³/mol. The molecule has 1 saturated heterocycles. The lowest BCUT2D eigenvalue weighted by molar-refractivity contribution is -0.120. The summed E-state index contributed by atoms with van der Waals surface area (Å²) < 4.78 is 32.6. The molecule has 1 heterocycles. The Morgan fingerprint density at radius 3 is 2.63 bits per heavy atom. The molecule has 0 aromatic heterocycles. The summed E-state index contributed by atoms with van der Waals surface area (Å²) in [6.45, 7) is 0. The van der Waals surface area contributed by atoms with Crippen molar-refractivity contribution >= 4 is 17.5 Å². The molecule has 1 saturated carbocycles. The predicted octanol–water partition coefficient (Wildman–Crippen LogP) is 4.39. The maximum atomic E-state index is 14.1. The third kappa shape index (κ3) is 3.76.